The van der Waals surface area contributed by atoms with Crippen LogP contribution in [0.2, 0.25) is 10.0 Å². The molecule has 0 atom stereocenters. The molecule has 0 radical (unpaired) electrons. The number of nitrogens with zero attached hydrogens (tertiary/aromatic N) is 2. The number of amides is 2. The number of benzene rings is 2. The van der Waals surface area contributed by atoms with Gasteiger partial charge in [0.1, 0.15) is 18.7 Å². The molecule has 4 N–H and O–H groups in total. The predicted octanol–water partition coefficient (Wildman–Crippen LogP) is 3.35. The van der Waals surface area contributed by atoms with E-state index in [9.17, 15) is 19.2 Å². The van der Waals surface area contributed by atoms with E-state index in [1.165, 1.54) is 4.68 Å². The molecule has 0 saturated heterocycles. The molecule has 3 rings (SSSR count). The van der Waals surface area contributed by atoms with E-state index in [0.29, 0.717) is 27.5 Å². The third-order valence-corrected chi connectivity index (χ3v) is 5.03. The fourth-order valence-electron chi connectivity index (χ4n) is 2.97. The summed E-state index contributed by atoms with van der Waals surface area (Å²) in [4.78, 5) is 45.1. The van der Waals surface area contributed by atoms with Crippen LogP contribution in [-0.2, 0) is 25.7 Å². The van der Waals surface area contributed by atoms with Crippen LogP contribution in [0.3, 0.4) is 0 Å². The number of aliphatic carboxylic acids is 2. The van der Waals surface area contributed by atoms with Crippen LogP contribution in [0.1, 0.15) is 18.4 Å². The van der Waals surface area contributed by atoms with Gasteiger partial charge in [0.05, 0.1) is 16.4 Å². The van der Waals surface area contributed by atoms with E-state index in [2.05, 4.69) is 15.7 Å². The fraction of sp³-hybridized carbons (Fsp3) is 0.136. The Labute approximate surface area is 203 Å². The Morgan fingerprint density at radius 1 is 0.882 bits per heavy atom. The quantitative estimate of drug-likeness (QED) is 0.326. The van der Waals surface area contributed by atoms with Crippen molar-refractivity contribution in [3.8, 4) is 16.9 Å². The molecule has 2 aromatic carbocycles. The number of rotatable bonds is 9. The van der Waals surface area contributed by atoms with Crippen LogP contribution in [0, 0.1) is 0 Å². The number of hydrogen-bond acceptors (Lipinski definition) is 5. The second kappa shape index (κ2) is 10.8. The first kappa shape index (κ1) is 24.7. The van der Waals surface area contributed by atoms with Gasteiger partial charge in [0, 0.05) is 23.2 Å². The van der Waals surface area contributed by atoms with Crippen LogP contribution >= 0.6 is 23.2 Å². The first-order valence-electron chi connectivity index (χ1n) is 9.77. The summed E-state index contributed by atoms with van der Waals surface area (Å²) >= 11 is 12.4. The zero-order valence-electron chi connectivity index (χ0n) is 17.4. The Bertz CT molecular complexity index is 1260. The van der Waals surface area contributed by atoms with Crippen molar-refractivity contribution >= 4 is 52.8 Å². The number of aromatic nitrogens is 2. The van der Waals surface area contributed by atoms with Crippen LogP contribution in [-0.4, -0.2) is 43.7 Å². The predicted molar refractivity (Wildman–Crippen MR) is 124 cm³/mol. The van der Waals surface area contributed by atoms with E-state index < -0.39 is 36.6 Å². The molecule has 0 unspecified atom stereocenters. The minimum Gasteiger partial charge on any atom is -0.481 e. The van der Waals surface area contributed by atoms with Gasteiger partial charge in [-0.1, -0.05) is 41.4 Å². The summed E-state index contributed by atoms with van der Waals surface area (Å²) in [5.41, 5.74) is 2.16. The maximum absolute atomic E-state index is 12.1. The van der Waals surface area contributed by atoms with Gasteiger partial charge >= 0.3 is 11.9 Å². The van der Waals surface area contributed by atoms with E-state index >= 15 is 0 Å². The van der Waals surface area contributed by atoms with Crippen molar-refractivity contribution in [3.63, 3.8) is 0 Å². The van der Waals surface area contributed by atoms with Gasteiger partial charge in [-0.2, -0.15) is 5.10 Å². The third kappa shape index (κ3) is 6.56. The number of carbonyl (C=O) groups excluding carboxylic acids is 2. The Hall–Kier alpha value is -3.89. The molecule has 0 saturated carbocycles. The molecule has 0 aliphatic heterocycles. The summed E-state index contributed by atoms with van der Waals surface area (Å²) in [6.45, 7) is 0.0590. The van der Waals surface area contributed by atoms with Crippen molar-refractivity contribution in [2.45, 2.75) is 19.4 Å². The van der Waals surface area contributed by atoms with Crippen molar-refractivity contribution in [2.24, 2.45) is 0 Å². The second-order valence-corrected chi connectivity index (χ2v) is 7.93. The van der Waals surface area contributed by atoms with Gasteiger partial charge in [0.15, 0.2) is 0 Å². The number of carboxylic acid groups (broad SMARTS) is 2. The number of carbonyl (C=O) groups is 4. The maximum atomic E-state index is 12.1. The van der Waals surface area contributed by atoms with Crippen LogP contribution in [0.5, 0.6) is 0 Å². The van der Waals surface area contributed by atoms with Gasteiger partial charge in [-0.05, 0) is 29.8 Å². The molecule has 0 bridgehead atoms. The highest BCUT2D eigenvalue weighted by Gasteiger charge is 2.17. The van der Waals surface area contributed by atoms with E-state index in [4.69, 9.17) is 33.4 Å². The summed E-state index contributed by atoms with van der Waals surface area (Å²) < 4.78 is 1.36. The monoisotopic (exact) mass is 504 g/mol. The van der Waals surface area contributed by atoms with E-state index in [0.717, 1.165) is 0 Å². The number of hydrogen-bond donors (Lipinski definition) is 4. The molecule has 3 aromatic rings. The largest absolute Gasteiger partial charge is 0.481 e. The van der Waals surface area contributed by atoms with E-state index in [1.54, 1.807) is 48.5 Å². The molecule has 1 heterocycles. The third-order valence-electron chi connectivity index (χ3n) is 4.47. The van der Waals surface area contributed by atoms with Crippen molar-refractivity contribution in [1.82, 2.24) is 15.1 Å². The molecule has 0 aliphatic rings. The van der Waals surface area contributed by atoms with Gasteiger partial charge in [-0.15, -0.1) is 0 Å². The second-order valence-electron chi connectivity index (χ2n) is 7.09. The number of halogens is 2. The Kier molecular flexibility index (Phi) is 7.87. The van der Waals surface area contributed by atoms with Crippen LogP contribution in [0.4, 0.5) is 5.82 Å². The Morgan fingerprint density at radius 2 is 1.53 bits per heavy atom. The minimum atomic E-state index is -1.28. The van der Waals surface area contributed by atoms with Crippen molar-refractivity contribution in [1.29, 1.82) is 0 Å². The standard InChI is InChI=1S/C22H18Cl2N4O6/c23-14-4-2-13(3-5-14)16-8-18(26-20(30)10-22(33)34)28(27-16)17-6-1-12(7-15(17)24)11-25-19(29)9-21(31)32/h1-8H,9-11H2,(H,25,29)(H,26,30)(H,31,32)(H,33,34). The molecular weight excluding hydrogens is 487 g/mol. The SMILES string of the molecule is O=C(O)CC(=O)NCc1ccc(-n2nc(-c3ccc(Cl)cc3)cc2NC(=O)CC(=O)O)c(Cl)c1. The van der Waals surface area contributed by atoms with Gasteiger partial charge in [0.2, 0.25) is 11.8 Å². The van der Waals surface area contributed by atoms with Crippen molar-refractivity contribution in [2.75, 3.05) is 5.32 Å². The topological polar surface area (TPSA) is 151 Å². The first-order chi connectivity index (χ1) is 16.1. The lowest BCUT2D eigenvalue weighted by atomic mass is 10.1. The molecule has 10 nitrogen and oxygen atoms in total. The summed E-state index contributed by atoms with van der Waals surface area (Å²) in [5, 5.41) is 27.8. The summed E-state index contributed by atoms with van der Waals surface area (Å²) in [6.07, 6.45) is -1.38. The smallest absolute Gasteiger partial charge is 0.312 e. The summed E-state index contributed by atoms with van der Waals surface area (Å²) in [6, 6.07) is 13.2. The van der Waals surface area contributed by atoms with Gasteiger partial charge < -0.3 is 20.8 Å². The fourth-order valence-corrected chi connectivity index (χ4v) is 3.38. The molecule has 12 heteroatoms. The van der Waals surface area contributed by atoms with E-state index in [1.807, 2.05) is 0 Å². The molecule has 0 spiro atoms. The highest BCUT2D eigenvalue weighted by molar-refractivity contribution is 6.32. The lowest BCUT2D eigenvalue weighted by molar-refractivity contribution is -0.142. The van der Waals surface area contributed by atoms with Gasteiger partial charge in [0.25, 0.3) is 0 Å². The number of nitrogens with one attached hydrogen (secondary N) is 2. The van der Waals surface area contributed by atoms with Crippen LogP contribution < -0.4 is 10.6 Å². The maximum Gasteiger partial charge on any atom is 0.312 e. The minimum absolute atomic E-state index is 0.0590. The molecule has 176 valence electrons. The summed E-state index contributed by atoms with van der Waals surface area (Å²) in [7, 11) is 0. The normalized spacial score (nSPS) is 10.5. The van der Waals surface area contributed by atoms with Gasteiger partial charge in [-0.25, -0.2) is 4.68 Å². The Morgan fingerprint density at radius 3 is 2.15 bits per heavy atom. The molecule has 0 fully saturated rings. The van der Waals surface area contributed by atoms with E-state index in [-0.39, 0.29) is 17.4 Å². The zero-order chi connectivity index (χ0) is 24.8. The molecular formula is C22H18Cl2N4O6. The molecule has 2 amide bonds. The highest BCUT2D eigenvalue weighted by Crippen LogP contribution is 2.29. The average molecular weight is 505 g/mol. The zero-order valence-corrected chi connectivity index (χ0v) is 18.9. The molecule has 34 heavy (non-hydrogen) atoms. The molecule has 1 aromatic heterocycles. The first-order valence-corrected chi connectivity index (χ1v) is 10.5. The highest BCUT2D eigenvalue weighted by atomic mass is 35.5. The number of carboxylic acids is 2. The molecule has 0 aliphatic carbocycles. The lowest BCUT2D eigenvalue weighted by Gasteiger charge is -2.11. The average Bonchev–Trinajstić information content (AvgIpc) is 3.15. The van der Waals surface area contributed by atoms with Crippen LogP contribution in [0.15, 0.2) is 48.5 Å². The lowest BCUT2D eigenvalue weighted by Crippen LogP contribution is -2.25. The summed E-state index contributed by atoms with van der Waals surface area (Å²) in [5.74, 6) is -3.71. The van der Waals surface area contributed by atoms with Gasteiger partial charge in [-0.3, -0.25) is 19.2 Å². The Balaban J connectivity index is 1.92. The number of anilines is 1. The van der Waals surface area contributed by atoms with Crippen LogP contribution in [0.25, 0.3) is 16.9 Å². The van der Waals surface area contributed by atoms with Crippen molar-refractivity contribution < 1.29 is 29.4 Å². The van der Waals surface area contributed by atoms with Crippen molar-refractivity contribution in [3.05, 3.63) is 64.1 Å².